The van der Waals surface area contributed by atoms with Gasteiger partial charge in [0.25, 0.3) is 15.9 Å². The number of halogens is 2. The number of likely N-dealkylation sites (tertiary alicyclic amines) is 1. The molecule has 2 aromatic heterocycles. The van der Waals surface area contributed by atoms with Crippen LogP contribution in [0.15, 0.2) is 35.4 Å². The number of thiazole rings is 1. The Balaban J connectivity index is 1.62. The number of anilines is 1. The van der Waals surface area contributed by atoms with Crippen LogP contribution in [0.4, 0.5) is 14.5 Å². The van der Waals surface area contributed by atoms with E-state index in [1.54, 1.807) is 23.4 Å². The monoisotopic (exact) mass is 466 g/mol. The summed E-state index contributed by atoms with van der Waals surface area (Å²) in [5.74, 6) is -2.27. The van der Waals surface area contributed by atoms with Gasteiger partial charge < -0.3 is 9.47 Å². The predicted molar refractivity (Wildman–Crippen MR) is 114 cm³/mol. The van der Waals surface area contributed by atoms with E-state index in [9.17, 15) is 22.0 Å². The lowest BCUT2D eigenvalue weighted by Crippen LogP contribution is -2.27. The molecule has 1 aliphatic rings. The highest BCUT2D eigenvalue weighted by Gasteiger charge is 2.26. The Morgan fingerprint density at radius 3 is 2.55 bits per heavy atom. The predicted octanol–water partition coefficient (Wildman–Crippen LogP) is 3.77. The van der Waals surface area contributed by atoms with Gasteiger partial charge in [0, 0.05) is 32.4 Å². The summed E-state index contributed by atoms with van der Waals surface area (Å²) in [6, 6.07) is 4.20. The average molecular weight is 467 g/mol. The van der Waals surface area contributed by atoms with E-state index in [0.717, 1.165) is 44.1 Å². The zero-order valence-corrected chi connectivity index (χ0v) is 18.5. The number of amides is 1. The molecule has 1 amide bonds. The third-order valence-corrected chi connectivity index (χ3v) is 7.58. The summed E-state index contributed by atoms with van der Waals surface area (Å²) in [5.41, 5.74) is 1.04. The molecule has 1 aliphatic heterocycles. The number of hydrogen-bond acceptors (Lipinski definition) is 5. The fraction of sp³-hybridized carbons (Fsp3) is 0.300. The van der Waals surface area contributed by atoms with E-state index in [4.69, 9.17) is 0 Å². The second-order valence-corrected chi connectivity index (χ2v) is 10.0. The van der Waals surface area contributed by atoms with Crippen LogP contribution in [0.2, 0.25) is 0 Å². The van der Waals surface area contributed by atoms with E-state index in [2.05, 4.69) is 9.71 Å². The van der Waals surface area contributed by atoms with E-state index >= 15 is 0 Å². The van der Waals surface area contributed by atoms with Crippen molar-refractivity contribution in [3.8, 4) is 10.7 Å². The van der Waals surface area contributed by atoms with Gasteiger partial charge in [-0.2, -0.15) is 0 Å². The van der Waals surface area contributed by atoms with E-state index in [1.807, 2.05) is 0 Å². The number of nitrogens with one attached hydrogen (secondary N) is 1. The lowest BCUT2D eigenvalue weighted by molar-refractivity contribution is 0.0796. The van der Waals surface area contributed by atoms with Crippen molar-refractivity contribution >= 4 is 33.0 Å². The Bertz CT molecular complexity index is 1260. The Morgan fingerprint density at radius 1 is 1.16 bits per heavy atom. The second-order valence-electron chi connectivity index (χ2n) is 7.34. The van der Waals surface area contributed by atoms with Crippen LogP contribution in [-0.4, -0.2) is 41.9 Å². The smallest absolute Gasteiger partial charge is 0.265 e. The molecule has 11 heteroatoms. The number of sulfonamides is 1. The molecule has 1 fully saturated rings. The quantitative estimate of drug-likeness (QED) is 0.620. The summed E-state index contributed by atoms with van der Waals surface area (Å²) < 4.78 is 55.8. The molecule has 0 bridgehead atoms. The second kappa shape index (κ2) is 8.04. The minimum atomic E-state index is -4.04. The number of nitrogens with zero attached hydrogens (tertiary/aromatic N) is 3. The molecular weight excluding hydrogens is 446 g/mol. The van der Waals surface area contributed by atoms with Crippen molar-refractivity contribution in [3.05, 3.63) is 52.7 Å². The van der Waals surface area contributed by atoms with Gasteiger partial charge in [0.15, 0.2) is 11.6 Å². The van der Waals surface area contributed by atoms with Crippen LogP contribution in [0, 0.1) is 18.6 Å². The van der Waals surface area contributed by atoms with E-state index < -0.39 is 21.7 Å². The maximum absolute atomic E-state index is 13.4. The number of aromatic nitrogens is 2. The van der Waals surface area contributed by atoms with Crippen LogP contribution in [0.5, 0.6) is 0 Å². The van der Waals surface area contributed by atoms with Crippen LogP contribution in [0.25, 0.3) is 10.7 Å². The molecule has 3 aromatic rings. The van der Waals surface area contributed by atoms with Crippen LogP contribution in [0.1, 0.15) is 28.2 Å². The molecule has 1 aromatic carbocycles. The molecule has 1 saturated heterocycles. The average Bonchev–Trinajstić information content (AvgIpc) is 3.44. The first-order chi connectivity index (χ1) is 14.7. The topological polar surface area (TPSA) is 84.3 Å². The largest absolute Gasteiger partial charge is 0.347 e. The first-order valence-corrected chi connectivity index (χ1v) is 11.9. The zero-order chi connectivity index (χ0) is 22.3. The standard InChI is InChI=1S/C20H20F2N4O3S2/c1-12-18(20(27)26-7-3-4-8-26)30-19(23-12)17-10-14(11-25(17)2)31(28,29)24-13-5-6-15(21)16(22)9-13/h5-6,9-11,24H,3-4,7-8H2,1-2H3. The summed E-state index contributed by atoms with van der Waals surface area (Å²) in [5, 5.41) is 0.525. The van der Waals surface area contributed by atoms with Gasteiger partial charge >= 0.3 is 0 Å². The molecule has 164 valence electrons. The number of hydrogen-bond donors (Lipinski definition) is 1. The Morgan fingerprint density at radius 2 is 1.87 bits per heavy atom. The van der Waals surface area contributed by atoms with E-state index in [1.165, 1.54) is 23.6 Å². The molecule has 0 aliphatic carbocycles. The van der Waals surface area contributed by atoms with E-state index in [-0.39, 0.29) is 16.5 Å². The summed E-state index contributed by atoms with van der Waals surface area (Å²) in [4.78, 5) is 19.5. The summed E-state index contributed by atoms with van der Waals surface area (Å²) in [7, 11) is -2.37. The maximum Gasteiger partial charge on any atom is 0.265 e. The Hall–Kier alpha value is -2.79. The molecule has 0 radical (unpaired) electrons. The highest BCUT2D eigenvalue weighted by atomic mass is 32.2. The first-order valence-electron chi connectivity index (χ1n) is 9.57. The molecule has 0 unspecified atom stereocenters. The maximum atomic E-state index is 13.4. The molecule has 0 saturated carbocycles. The van der Waals surface area contributed by atoms with E-state index in [0.29, 0.717) is 21.3 Å². The summed E-state index contributed by atoms with van der Waals surface area (Å²) in [6.45, 7) is 3.22. The van der Waals surface area contributed by atoms with Gasteiger partial charge in [-0.15, -0.1) is 11.3 Å². The number of rotatable bonds is 5. The highest BCUT2D eigenvalue weighted by Crippen LogP contribution is 2.32. The fourth-order valence-electron chi connectivity index (χ4n) is 3.44. The van der Waals surface area contributed by atoms with Crippen molar-refractivity contribution in [2.45, 2.75) is 24.7 Å². The van der Waals surface area contributed by atoms with Crippen molar-refractivity contribution in [2.24, 2.45) is 7.05 Å². The molecular formula is C20H20F2N4O3S2. The summed E-state index contributed by atoms with van der Waals surface area (Å²) >= 11 is 1.22. The Kier molecular flexibility index (Phi) is 5.56. The highest BCUT2D eigenvalue weighted by molar-refractivity contribution is 7.92. The van der Waals surface area contributed by atoms with Gasteiger partial charge in [-0.05, 0) is 38.0 Å². The van der Waals surface area contributed by atoms with Gasteiger partial charge in [-0.3, -0.25) is 9.52 Å². The molecule has 31 heavy (non-hydrogen) atoms. The van der Waals surface area contributed by atoms with Gasteiger partial charge in [0.1, 0.15) is 14.8 Å². The van der Waals surface area contributed by atoms with Crippen LogP contribution < -0.4 is 4.72 Å². The number of carbonyl (C=O) groups is 1. The van der Waals surface area contributed by atoms with Crippen molar-refractivity contribution < 1.29 is 22.0 Å². The molecule has 1 N–H and O–H groups in total. The molecule has 0 atom stereocenters. The van der Waals surface area contributed by atoms with Gasteiger partial charge in [-0.25, -0.2) is 22.2 Å². The summed E-state index contributed by atoms with van der Waals surface area (Å²) in [6.07, 6.45) is 3.37. The zero-order valence-electron chi connectivity index (χ0n) is 16.9. The van der Waals surface area contributed by atoms with Gasteiger partial charge in [0.05, 0.1) is 17.1 Å². The molecule has 4 rings (SSSR count). The molecule has 3 heterocycles. The molecule has 0 spiro atoms. The SMILES string of the molecule is Cc1nc(-c2cc(S(=O)(=O)Nc3ccc(F)c(F)c3)cn2C)sc1C(=O)N1CCCC1. The minimum Gasteiger partial charge on any atom is -0.347 e. The number of benzene rings is 1. The van der Waals surface area contributed by atoms with Crippen LogP contribution in [0.3, 0.4) is 0 Å². The van der Waals surface area contributed by atoms with Crippen LogP contribution in [-0.2, 0) is 17.1 Å². The lowest BCUT2D eigenvalue weighted by atomic mass is 10.3. The number of carbonyl (C=O) groups excluding carboxylic acids is 1. The Labute approximate surface area is 182 Å². The molecule has 7 nitrogen and oxygen atoms in total. The van der Waals surface area contributed by atoms with Crippen molar-refractivity contribution in [2.75, 3.05) is 17.8 Å². The third-order valence-electron chi connectivity index (χ3n) is 5.07. The van der Waals surface area contributed by atoms with Crippen molar-refractivity contribution in [3.63, 3.8) is 0 Å². The lowest BCUT2D eigenvalue weighted by Gasteiger charge is -2.13. The number of aryl methyl sites for hydroxylation is 2. The van der Waals surface area contributed by atoms with Crippen LogP contribution >= 0.6 is 11.3 Å². The fourth-order valence-corrected chi connectivity index (χ4v) is 5.65. The minimum absolute atomic E-state index is 0.0548. The normalized spacial score (nSPS) is 14.3. The van der Waals surface area contributed by atoms with Gasteiger partial charge in [-0.1, -0.05) is 0 Å². The third kappa shape index (κ3) is 4.19. The van der Waals surface area contributed by atoms with Crippen molar-refractivity contribution in [1.29, 1.82) is 0 Å². The van der Waals surface area contributed by atoms with Gasteiger partial charge in [0.2, 0.25) is 0 Å². The van der Waals surface area contributed by atoms with Crippen molar-refractivity contribution in [1.82, 2.24) is 14.5 Å². The first kappa shape index (κ1) is 21.4.